The highest BCUT2D eigenvalue weighted by molar-refractivity contribution is 5.73. The van der Waals surface area contributed by atoms with Gasteiger partial charge in [-0.05, 0) is 32.3 Å². The molecule has 1 saturated heterocycles. The Balaban J connectivity index is 1.89. The molecule has 128 valence electrons. The number of benzene rings is 1. The second kappa shape index (κ2) is 7.79. The van der Waals surface area contributed by atoms with E-state index >= 15 is 0 Å². The van der Waals surface area contributed by atoms with Crippen LogP contribution in [0.25, 0.3) is 0 Å². The Labute approximate surface area is 138 Å². The van der Waals surface area contributed by atoms with E-state index in [1.54, 1.807) is 11.9 Å². The lowest BCUT2D eigenvalue weighted by atomic mass is 9.80. The molecule has 1 aromatic rings. The molecule has 23 heavy (non-hydrogen) atoms. The zero-order chi connectivity index (χ0) is 16.9. The van der Waals surface area contributed by atoms with Crippen LogP contribution in [-0.2, 0) is 11.3 Å². The Morgan fingerprint density at radius 2 is 1.87 bits per heavy atom. The number of urea groups is 1. The number of nitrogens with one attached hydrogen (secondary N) is 1. The Kier molecular flexibility index (Phi) is 6.02. The van der Waals surface area contributed by atoms with E-state index in [1.165, 1.54) is 11.1 Å². The van der Waals surface area contributed by atoms with Crippen molar-refractivity contribution in [1.82, 2.24) is 10.2 Å². The summed E-state index contributed by atoms with van der Waals surface area (Å²) in [4.78, 5) is 14.0. The first-order valence-corrected chi connectivity index (χ1v) is 8.19. The number of aryl methyl sites for hydroxylation is 2. The summed E-state index contributed by atoms with van der Waals surface area (Å²) in [6.07, 6.45) is 1.58. The zero-order valence-corrected chi connectivity index (χ0v) is 14.4. The maximum absolute atomic E-state index is 12.3. The van der Waals surface area contributed by atoms with Gasteiger partial charge in [-0.1, -0.05) is 29.3 Å². The molecule has 1 aliphatic rings. The largest absolute Gasteiger partial charge is 0.396 e. The molecule has 0 aliphatic carbocycles. The van der Waals surface area contributed by atoms with Gasteiger partial charge < -0.3 is 20.1 Å². The molecule has 2 rings (SSSR count). The molecule has 1 aliphatic heterocycles. The number of rotatable bonds is 5. The SMILES string of the molecule is Cc1cc(C)cc(CNC(=O)N(C)CC2(CO)CCOCC2)c1. The van der Waals surface area contributed by atoms with Crippen LogP contribution >= 0.6 is 0 Å². The highest BCUT2D eigenvalue weighted by Crippen LogP contribution is 2.30. The van der Waals surface area contributed by atoms with Crippen molar-refractivity contribution in [3.63, 3.8) is 0 Å². The van der Waals surface area contributed by atoms with Crippen molar-refractivity contribution in [3.05, 3.63) is 34.9 Å². The molecule has 2 N–H and O–H groups in total. The number of carbonyl (C=O) groups excluding carboxylic acids is 1. The van der Waals surface area contributed by atoms with Gasteiger partial charge in [0.1, 0.15) is 0 Å². The molecule has 0 unspecified atom stereocenters. The van der Waals surface area contributed by atoms with Gasteiger partial charge in [0.05, 0.1) is 6.61 Å². The Bertz CT molecular complexity index is 519. The molecule has 1 heterocycles. The number of aliphatic hydroxyl groups is 1. The molecule has 1 fully saturated rings. The number of hydrogen-bond acceptors (Lipinski definition) is 3. The van der Waals surface area contributed by atoms with E-state index in [2.05, 4.69) is 37.4 Å². The van der Waals surface area contributed by atoms with Gasteiger partial charge in [-0.25, -0.2) is 4.79 Å². The number of carbonyl (C=O) groups is 1. The lowest BCUT2D eigenvalue weighted by Gasteiger charge is -2.38. The molecular weight excluding hydrogens is 292 g/mol. The molecule has 0 saturated carbocycles. The quantitative estimate of drug-likeness (QED) is 0.874. The fraction of sp³-hybridized carbons (Fsp3) is 0.611. The predicted molar refractivity (Wildman–Crippen MR) is 90.4 cm³/mol. The lowest BCUT2D eigenvalue weighted by molar-refractivity contribution is -0.0261. The molecule has 5 nitrogen and oxygen atoms in total. The van der Waals surface area contributed by atoms with Crippen LogP contribution in [0.5, 0.6) is 0 Å². The predicted octanol–water partition coefficient (Wildman–Crippen LogP) is 2.23. The van der Waals surface area contributed by atoms with Crippen LogP contribution in [0, 0.1) is 19.3 Å². The monoisotopic (exact) mass is 320 g/mol. The van der Waals surface area contributed by atoms with E-state index in [0.29, 0.717) is 26.3 Å². The van der Waals surface area contributed by atoms with Crippen molar-refractivity contribution in [2.24, 2.45) is 5.41 Å². The third kappa shape index (κ3) is 4.94. The minimum atomic E-state index is -0.232. The molecule has 0 aromatic heterocycles. The van der Waals surface area contributed by atoms with Crippen molar-refractivity contribution in [1.29, 1.82) is 0 Å². The van der Waals surface area contributed by atoms with Crippen LogP contribution < -0.4 is 5.32 Å². The van der Waals surface area contributed by atoms with Crippen molar-refractivity contribution in [2.45, 2.75) is 33.2 Å². The van der Waals surface area contributed by atoms with E-state index in [1.807, 2.05) is 0 Å². The van der Waals surface area contributed by atoms with Gasteiger partial charge in [0, 0.05) is 38.8 Å². The van der Waals surface area contributed by atoms with Crippen molar-refractivity contribution in [3.8, 4) is 0 Å². The minimum Gasteiger partial charge on any atom is -0.396 e. The Morgan fingerprint density at radius 1 is 1.26 bits per heavy atom. The summed E-state index contributed by atoms with van der Waals surface area (Å²) in [7, 11) is 1.78. The van der Waals surface area contributed by atoms with E-state index in [0.717, 1.165) is 18.4 Å². The molecular formula is C18H28N2O3. The van der Waals surface area contributed by atoms with Gasteiger partial charge in [0.15, 0.2) is 0 Å². The Morgan fingerprint density at radius 3 is 2.43 bits per heavy atom. The molecule has 0 atom stereocenters. The normalized spacial score (nSPS) is 16.9. The first-order chi connectivity index (χ1) is 10.9. The number of amides is 2. The molecule has 0 spiro atoms. The third-order valence-corrected chi connectivity index (χ3v) is 4.53. The molecule has 0 bridgehead atoms. The van der Waals surface area contributed by atoms with E-state index in [9.17, 15) is 9.90 Å². The van der Waals surface area contributed by atoms with E-state index in [4.69, 9.17) is 4.74 Å². The van der Waals surface area contributed by atoms with Crippen LogP contribution in [0.15, 0.2) is 18.2 Å². The fourth-order valence-electron chi connectivity index (χ4n) is 3.23. The van der Waals surface area contributed by atoms with Crippen molar-refractivity contribution >= 4 is 6.03 Å². The highest BCUT2D eigenvalue weighted by atomic mass is 16.5. The lowest BCUT2D eigenvalue weighted by Crippen LogP contribution is -2.47. The average Bonchev–Trinajstić information content (AvgIpc) is 2.52. The van der Waals surface area contributed by atoms with Gasteiger partial charge in [-0.15, -0.1) is 0 Å². The van der Waals surface area contributed by atoms with Crippen LogP contribution in [0.3, 0.4) is 0 Å². The summed E-state index contributed by atoms with van der Waals surface area (Å²) in [5, 5.41) is 12.7. The first kappa shape index (κ1) is 17.8. The highest BCUT2D eigenvalue weighted by Gasteiger charge is 2.34. The van der Waals surface area contributed by atoms with E-state index < -0.39 is 0 Å². The minimum absolute atomic E-state index is 0.0883. The van der Waals surface area contributed by atoms with Gasteiger partial charge in [0.2, 0.25) is 0 Å². The van der Waals surface area contributed by atoms with Gasteiger partial charge in [-0.3, -0.25) is 0 Å². The number of hydrogen-bond donors (Lipinski definition) is 2. The standard InChI is InChI=1S/C18H28N2O3/c1-14-8-15(2)10-16(9-14)11-19-17(22)20(3)12-18(13-21)4-6-23-7-5-18/h8-10,21H,4-7,11-13H2,1-3H3,(H,19,22). The number of ether oxygens (including phenoxy) is 1. The third-order valence-electron chi connectivity index (χ3n) is 4.53. The van der Waals surface area contributed by atoms with Crippen LogP contribution in [0.1, 0.15) is 29.5 Å². The Hall–Kier alpha value is -1.59. The molecule has 5 heteroatoms. The van der Waals surface area contributed by atoms with E-state index in [-0.39, 0.29) is 18.1 Å². The smallest absolute Gasteiger partial charge is 0.317 e. The van der Waals surface area contributed by atoms with Gasteiger partial charge in [-0.2, -0.15) is 0 Å². The van der Waals surface area contributed by atoms with Crippen LogP contribution in [0.2, 0.25) is 0 Å². The second-order valence-electron chi connectivity index (χ2n) is 6.78. The number of aliphatic hydroxyl groups excluding tert-OH is 1. The number of nitrogens with zero attached hydrogens (tertiary/aromatic N) is 1. The zero-order valence-electron chi connectivity index (χ0n) is 14.4. The summed E-state index contributed by atoms with van der Waals surface area (Å²) in [6, 6.07) is 6.18. The fourth-order valence-corrected chi connectivity index (χ4v) is 3.23. The summed E-state index contributed by atoms with van der Waals surface area (Å²) in [6.45, 7) is 6.57. The summed E-state index contributed by atoms with van der Waals surface area (Å²) >= 11 is 0. The van der Waals surface area contributed by atoms with Crippen LogP contribution in [-0.4, -0.2) is 49.5 Å². The maximum Gasteiger partial charge on any atom is 0.317 e. The average molecular weight is 320 g/mol. The maximum atomic E-state index is 12.3. The molecule has 2 amide bonds. The van der Waals surface area contributed by atoms with Crippen LogP contribution in [0.4, 0.5) is 4.79 Å². The molecule has 0 radical (unpaired) electrons. The second-order valence-corrected chi connectivity index (χ2v) is 6.78. The summed E-state index contributed by atoms with van der Waals surface area (Å²) in [5.74, 6) is 0. The van der Waals surface area contributed by atoms with Crippen molar-refractivity contribution < 1.29 is 14.6 Å². The topological polar surface area (TPSA) is 61.8 Å². The van der Waals surface area contributed by atoms with Gasteiger partial charge in [0.25, 0.3) is 0 Å². The summed E-state index contributed by atoms with van der Waals surface area (Å²) < 4.78 is 5.37. The first-order valence-electron chi connectivity index (χ1n) is 8.19. The van der Waals surface area contributed by atoms with Gasteiger partial charge >= 0.3 is 6.03 Å². The summed E-state index contributed by atoms with van der Waals surface area (Å²) in [5.41, 5.74) is 3.27. The van der Waals surface area contributed by atoms with Crippen molar-refractivity contribution in [2.75, 3.05) is 33.4 Å². The molecule has 1 aromatic carbocycles.